The van der Waals surface area contributed by atoms with Crippen LogP contribution >= 0.6 is 0 Å². The van der Waals surface area contributed by atoms with Crippen molar-refractivity contribution in [2.45, 2.75) is 69.9 Å². The van der Waals surface area contributed by atoms with Gasteiger partial charge in [-0.15, -0.1) is 0 Å². The predicted octanol–water partition coefficient (Wildman–Crippen LogP) is 3.98. The largest absolute Gasteiger partial charge is 0.354 e. The number of rotatable bonds is 6. The van der Waals surface area contributed by atoms with Gasteiger partial charge in [-0.25, -0.2) is 4.98 Å². The number of aryl methyl sites for hydroxylation is 1. The van der Waals surface area contributed by atoms with Crippen LogP contribution in [0, 0.1) is 6.92 Å². The van der Waals surface area contributed by atoms with E-state index in [1.54, 1.807) is 0 Å². The molecule has 0 radical (unpaired) electrons. The van der Waals surface area contributed by atoms with Gasteiger partial charge in [0.2, 0.25) is 11.9 Å². The second-order valence-corrected chi connectivity index (χ2v) is 9.97. The van der Waals surface area contributed by atoms with Crippen LogP contribution in [0.1, 0.15) is 62.0 Å². The summed E-state index contributed by atoms with van der Waals surface area (Å²) < 4.78 is 0. The van der Waals surface area contributed by atoms with Crippen molar-refractivity contribution in [1.82, 2.24) is 20.2 Å². The van der Waals surface area contributed by atoms with Gasteiger partial charge in [-0.2, -0.15) is 4.98 Å². The molecule has 0 bridgehead atoms. The van der Waals surface area contributed by atoms with Gasteiger partial charge in [-0.3, -0.25) is 4.79 Å². The molecule has 3 fully saturated rings. The van der Waals surface area contributed by atoms with E-state index in [2.05, 4.69) is 56.7 Å². The molecule has 1 atom stereocenters. The molecule has 1 amide bonds. The molecule has 0 spiro atoms. The third kappa shape index (κ3) is 4.83. The van der Waals surface area contributed by atoms with Crippen LogP contribution in [-0.4, -0.2) is 59.5 Å². The van der Waals surface area contributed by atoms with E-state index in [1.165, 1.54) is 44.3 Å². The Kier molecular flexibility index (Phi) is 6.49. The van der Waals surface area contributed by atoms with Crippen molar-refractivity contribution in [3.8, 4) is 0 Å². The first-order valence-corrected chi connectivity index (χ1v) is 12.5. The Morgan fingerprint density at radius 1 is 1.06 bits per heavy atom. The third-order valence-electron chi connectivity index (χ3n) is 7.62. The minimum absolute atomic E-state index is 0.124. The number of likely N-dealkylation sites (tertiary alicyclic amines) is 1. The fourth-order valence-corrected chi connectivity index (χ4v) is 5.67. The molecule has 2 saturated heterocycles. The van der Waals surface area contributed by atoms with Crippen molar-refractivity contribution in [3.63, 3.8) is 0 Å². The Balaban J connectivity index is 1.35. The fraction of sp³-hybridized carbons (Fsp3) is 0.577. The summed E-state index contributed by atoms with van der Waals surface area (Å²) in [5.74, 6) is 2.25. The van der Waals surface area contributed by atoms with E-state index in [-0.39, 0.29) is 11.9 Å². The Bertz CT molecular complexity index is 963. The first-order chi connectivity index (χ1) is 16.1. The maximum absolute atomic E-state index is 12.6. The molecule has 2 N–H and O–H groups in total. The molecule has 1 aromatic heterocycles. The van der Waals surface area contributed by atoms with Crippen LogP contribution in [0.2, 0.25) is 0 Å². The molecule has 7 heteroatoms. The lowest BCUT2D eigenvalue weighted by Gasteiger charge is -2.35. The fourth-order valence-electron chi connectivity index (χ4n) is 5.67. The summed E-state index contributed by atoms with van der Waals surface area (Å²) in [6.45, 7) is 5.12. The molecule has 1 saturated carbocycles. The number of nitrogens with zero attached hydrogens (tertiary/aromatic N) is 4. The number of hydrogen-bond acceptors (Lipinski definition) is 6. The summed E-state index contributed by atoms with van der Waals surface area (Å²) in [6, 6.07) is 8.98. The molecule has 1 aromatic carbocycles. The molecule has 1 aliphatic carbocycles. The molecule has 3 aliphatic rings. The smallest absolute Gasteiger partial charge is 0.242 e. The lowest BCUT2D eigenvalue weighted by Crippen LogP contribution is -2.47. The minimum Gasteiger partial charge on any atom is -0.354 e. The highest BCUT2D eigenvalue weighted by molar-refractivity contribution is 5.87. The van der Waals surface area contributed by atoms with E-state index >= 15 is 0 Å². The van der Waals surface area contributed by atoms with Crippen LogP contribution in [0.3, 0.4) is 0 Å². The molecule has 1 unspecified atom stereocenters. The lowest BCUT2D eigenvalue weighted by molar-refractivity contribution is -0.120. The van der Waals surface area contributed by atoms with Crippen molar-refractivity contribution in [3.05, 3.63) is 41.6 Å². The van der Waals surface area contributed by atoms with Gasteiger partial charge in [0.25, 0.3) is 0 Å². The average molecular weight is 449 g/mol. The summed E-state index contributed by atoms with van der Waals surface area (Å²) in [6.07, 6.45) is 9.83. The van der Waals surface area contributed by atoms with Crippen LogP contribution in [0.25, 0.3) is 0 Å². The molecule has 7 nitrogen and oxygen atoms in total. The van der Waals surface area contributed by atoms with E-state index in [9.17, 15) is 4.79 Å². The SMILES string of the molecule is Cc1cnc(Nc2ccc(C3CCN(C)CC3)cc2)nc1N(C1CCCC1)C1CCNC1=O. The predicted molar refractivity (Wildman–Crippen MR) is 132 cm³/mol. The first kappa shape index (κ1) is 22.1. The van der Waals surface area contributed by atoms with Gasteiger partial charge >= 0.3 is 0 Å². The third-order valence-corrected chi connectivity index (χ3v) is 7.62. The zero-order chi connectivity index (χ0) is 22.8. The quantitative estimate of drug-likeness (QED) is 0.697. The van der Waals surface area contributed by atoms with Crippen molar-refractivity contribution >= 4 is 23.4 Å². The van der Waals surface area contributed by atoms with Crippen LogP contribution < -0.4 is 15.5 Å². The van der Waals surface area contributed by atoms with Crippen LogP contribution in [0.4, 0.5) is 17.5 Å². The lowest BCUT2D eigenvalue weighted by atomic mass is 9.89. The molecule has 2 aromatic rings. The Morgan fingerprint density at radius 2 is 1.79 bits per heavy atom. The monoisotopic (exact) mass is 448 g/mol. The average Bonchev–Trinajstić information content (AvgIpc) is 3.50. The number of benzene rings is 1. The maximum atomic E-state index is 12.6. The Morgan fingerprint density at radius 3 is 2.45 bits per heavy atom. The van der Waals surface area contributed by atoms with Crippen molar-refractivity contribution in [2.75, 3.05) is 36.9 Å². The second-order valence-electron chi connectivity index (χ2n) is 9.97. The highest BCUT2D eigenvalue weighted by Gasteiger charge is 2.37. The van der Waals surface area contributed by atoms with E-state index in [0.717, 1.165) is 42.9 Å². The summed E-state index contributed by atoms with van der Waals surface area (Å²) in [5, 5.41) is 6.41. The highest BCUT2D eigenvalue weighted by atomic mass is 16.2. The first-order valence-electron chi connectivity index (χ1n) is 12.5. The van der Waals surface area contributed by atoms with E-state index in [1.807, 2.05) is 13.1 Å². The summed E-state index contributed by atoms with van der Waals surface area (Å²) in [5.41, 5.74) is 3.43. The van der Waals surface area contributed by atoms with Crippen LogP contribution in [0.5, 0.6) is 0 Å². The van der Waals surface area contributed by atoms with Crippen molar-refractivity contribution < 1.29 is 4.79 Å². The molecule has 3 heterocycles. The van der Waals surface area contributed by atoms with Crippen molar-refractivity contribution in [1.29, 1.82) is 0 Å². The summed E-state index contributed by atoms with van der Waals surface area (Å²) in [4.78, 5) is 26.8. The van der Waals surface area contributed by atoms with Gasteiger partial charge in [0, 0.05) is 30.0 Å². The van der Waals surface area contributed by atoms with Gasteiger partial charge in [0.05, 0.1) is 0 Å². The molecular formula is C26H36N6O. The van der Waals surface area contributed by atoms with Gasteiger partial charge in [-0.1, -0.05) is 25.0 Å². The standard InChI is InChI=1S/C26H36N6O/c1-18-17-28-26(29-21-9-7-19(8-10-21)20-12-15-31(2)16-13-20)30-24(18)32(22-5-3-4-6-22)23-11-14-27-25(23)33/h7-10,17,20,22-23H,3-6,11-16H2,1-2H3,(H,27,33)(H,28,29,30). The number of nitrogens with one attached hydrogen (secondary N) is 2. The second kappa shape index (κ2) is 9.67. The van der Waals surface area contributed by atoms with Crippen LogP contribution in [-0.2, 0) is 4.79 Å². The van der Waals surface area contributed by atoms with E-state index in [0.29, 0.717) is 17.9 Å². The number of hydrogen-bond donors (Lipinski definition) is 2. The van der Waals surface area contributed by atoms with Gasteiger partial charge in [-0.05, 0) is 82.8 Å². The molecule has 176 valence electrons. The zero-order valence-electron chi connectivity index (χ0n) is 19.9. The molecular weight excluding hydrogens is 412 g/mol. The number of carbonyl (C=O) groups excluding carboxylic acids is 1. The molecule has 33 heavy (non-hydrogen) atoms. The van der Waals surface area contributed by atoms with Crippen molar-refractivity contribution in [2.24, 2.45) is 0 Å². The van der Waals surface area contributed by atoms with Gasteiger partial charge < -0.3 is 20.4 Å². The Hall–Kier alpha value is -2.67. The number of aromatic nitrogens is 2. The molecule has 2 aliphatic heterocycles. The number of piperidine rings is 1. The molecule has 5 rings (SSSR count). The highest BCUT2D eigenvalue weighted by Crippen LogP contribution is 2.34. The topological polar surface area (TPSA) is 73.4 Å². The van der Waals surface area contributed by atoms with Gasteiger partial charge in [0.15, 0.2) is 0 Å². The zero-order valence-corrected chi connectivity index (χ0v) is 19.9. The van der Waals surface area contributed by atoms with E-state index in [4.69, 9.17) is 4.98 Å². The van der Waals surface area contributed by atoms with Crippen LogP contribution in [0.15, 0.2) is 30.5 Å². The van der Waals surface area contributed by atoms with E-state index < -0.39 is 0 Å². The number of anilines is 3. The number of carbonyl (C=O) groups is 1. The minimum atomic E-state index is -0.136. The summed E-state index contributed by atoms with van der Waals surface area (Å²) >= 11 is 0. The normalized spacial score (nSPS) is 22.5. The number of amides is 1. The summed E-state index contributed by atoms with van der Waals surface area (Å²) in [7, 11) is 2.20. The van der Waals surface area contributed by atoms with Gasteiger partial charge in [0.1, 0.15) is 11.9 Å². The Labute approximate surface area is 197 Å². The maximum Gasteiger partial charge on any atom is 0.242 e.